The van der Waals surface area contributed by atoms with Crippen LogP contribution in [-0.4, -0.2) is 22.4 Å². The molecule has 4 aliphatic carbocycles. The molecule has 0 saturated heterocycles. The lowest BCUT2D eigenvalue weighted by Crippen LogP contribution is -2.50. The zero-order chi connectivity index (χ0) is 21.8. The van der Waals surface area contributed by atoms with Crippen LogP contribution in [0.2, 0.25) is 0 Å². The number of rotatable bonds is 5. The maximum absolute atomic E-state index is 11.3. The Morgan fingerprint density at radius 1 is 1.07 bits per heavy atom. The molecular formula is C28H44O2. The molecular weight excluding hydrogens is 368 g/mol. The molecule has 0 spiro atoms. The first-order valence-electron chi connectivity index (χ1n) is 12.5. The van der Waals surface area contributed by atoms with Gasteiger partial charge in [-0.25, -0.2) is 0 Å². The van der Waals surface area contributed by atoms with Gasteiger partial charge < -0.3 is 10.2 Å². The van der Waals surface area contributed by atoms with Crippen molar-refractivity contribution >= 4 is 0 Å². The summed E-state index contributed by atoms with van der Waals surface area (Å²) in [6, 6.07) is 0. The van der Waals surface area contributed by atoms with Crippen molar-refractivity contribution in [3.05, 3.63) is 36.0 Å². The topological polar surface area (TPSA) is 40.5 Å². The van der Waals surface area contributed by atoms with Crippen molar-refractivity contribution in [3.8, 4) is 0 Å². The third kappa shape index (κ3) is 3.47. The Morgan fingerprint density at radius 2 is 1.77 bits per heavy atom. The number of aliphatic hydroxyl groups excluding tert-OH is 2. The van der Waals surface area contributed by atoms with Gasteiger partial charge in [0.1, 0.15) is 0 Å². The lowest BCUT2D eigenvalue weighted by Gasteiger charge is -2.57. The van der Waals surface area contributed by atoms with Crippen LogP contribution >= 0.6 is 0 Å². The number of hydrogen-bond acceptors (Lipinski definition) is 2. The van der Waals surface area contributed by atoms with Crippen molar-refractivity contribution in [3.63, 3.8) is 0 Å². The highest BCUT2D eigenvalue weighted by Gasteiger charge is 2.60. The van der Waals surface area contributed by atoms with Gasteiger partial charge in [0, 0.05) is 5.92 Å². The van der Waals surface area contributed by atoms with E-state index >= 15 is 0 Å². The summed E-state index contributed by atoms with van der Waals surface area (Å²) in [7, 11) is 0. The molecule has 0 aromatic heterocycles. The molecule has 7 unspecified atom stereocenters. The van der Waals surface area contributed by atoms with E-state index in [1.54, 1.807) is 5.57 Å². The molecule has 2 nitrogen and oxygen atoms in total. The highest BCUT2D eigenvalue weighted by Crippen LogP contribution is 2.66. The van der Waals surface area contributed by atoms with Crippen molar-refractivity contribution in [2.24, 2.45) is 40.4 Å². The first-order chi connectivity index (χ1) is 14.1. The Balaban J connectivity index is 1.56. The zero-order valence-electron chi connectivity index (χ0n) is 19.8. The third-order valence-corrected chi connectivity index (χ3v) is 10.1. The van der Waals surface area contributed by atoms with Gasteiger partial charge in [0.2, 0.25) is 0 Å². The Hall–Kier alpha value is -0.860. The Bertz CT molecular complexity index is 733. The van der Waals surface area contributed by atoms with E-state index in [2.05, 4.69) is 46.9 Å². The van der Waals surface area contributed by atoms with Gasteiger partial charge in [-0.2, -0.15) is 0 Å². The number of allylic oxidation sites excluding steroid dienone is 3. The molecule has 2 heteroatoms. The zero-order valence-corrected chi connectivity index (χ0v) is 19.8. The minimum atomic E-state index is -0.242. The molecule has 168 valence electrons. The summed E-state index contributed by atoms with van der Waals surface area (Å²) < 4.78 is 0. The Morgan fingerprint density at radius 3 is 2.47 bits per heavy atom. The molecule has 4 rings (SSSR count). The van der Waals surface area contributed by atoms with E-state index in [9.17, 15) is 10.2 Å². The average molecular weight is 413 g/mol. The molecule has 30 heavy (non-hydrogen) atoms. The number of aliphatic hydroxyl groups is 2. The van der Waals surface area contributed by atoms with E-state index in [4.69, 9.17) is 0 Å². The summed E-state index contributed by atoms with van der Waals surface area (Å²) in [5.74, 6) is 2.42. The molecule has 8 atom stereocenters. The maximum Gasteiger partial charge on any atom is 0.0616 e. The normalized spacial score (nSPS) is 45.4. The lowest BCUT2D eigenvalue weighted by molar-refractivity contribution is -0.0461. The molecule has 3 saturated carbocycles. The van der Waals surface area contributed by atoms with Crippen molar-refractivity contribution < 1.29 is 10.2 Å². The second-order valence-electron chi connectivity index (χ2n) is 12.0. The van der Waals surface area contributed by atoms with E-state index in [1.807, 2.05) is 0 Å². The highest BCUT2D eigenvalue weighted by molar-refractivity contribution is 5.31. The van der Waals surface area contributed by atoms with Crippen LogP contribution in [0.5, 0.6) is 0 Å². The van der Waals surface area contributed by atoms with Crippen LogP contribution in [0.25, 0.3) is 0 Å². The standard InChI is InChI=1S/C28H44O2/c1-17(2)18(3)7-8-19(4)24-16-25(30)26-22-10-9-20-15-21(29)11-13-27(20,5)23(22)12-14-28(24,26)6/h10,17,20-21,23-26,29-30H,3-4,7-9,11-16H2,1-2,5-6H3/t20-,21?,23?,24?,25?,26?,27?,28?/m0/s1. The Labute approximate surface area is 184 Å². The van der Waals surface area contributed by atoms with E-state index < -0.39 is 0 Å². The third-order valence-electron chi connectivity index (χ3n) is 10.1. The SMILES string of the molecule is C=C(CCC(=C)C1CC(O)C2C3=CC[C@H]4CC(O)CCC4(C)C3CCC12C)C(C)C. The van der Waals surface area contributed by atoms with Crippen LogP contribution < -0.4 is 0 Å². The molecule has 0 amide bonds. The second kappa shape index (κ2) is 7.93. The van der Waals surface area contributed by atoms with E-state index in [0.717, 1.165) is 44.9 Å². The molecule has 0 bridgehead atoms. The van der Waals surface area contributed by atoms with E-state index in [0.29, 0.717) is 29.1 Å². The predicted molar refractivity (Wildman–Crippen MR) is 125 cm³/mol. The average Bonchev–Trinajstić information content (AvgIpc) is 2.97. The number of hydrogen-bond donors (Lipinski definition) is 2. The smallest absolute Gasteiger partial charge is 0.0616 e. The molecule has 4 aliphatic rings. The van der Waals surface area contributed by atoms with E-state index in [1.165, 1.54) is 24.0 Å². The van der Waals surface area contributed by atoms with Crippen LogP contribution in [0.15, 0.2) is 36.0 Å². The second-order valence-corrected chi connectivity index (χ2v) is 12.0. The van der Waals surface area contributed by atoms with Gasteiger partial charge >= 0.3 is 0 Å². The fourth-order valence-electron chi connectivity index (χ4n) is 7.97. The van der Waals surface area contributed by atoms with Gasteiger partial charge in [-0.3, -0.25) is 0 Å². The molecule has 0 aromatic rings. The maximum atomic E-state index is 11.3. The molecule has 0 aromatic carbocycles. The van der Waals surface area contributed by atoms with Crippen molar-refractivity contribution in [2.45, 2.75) is 97.7 Å². The molecule has 0 radical (unpaired) electrons. The van der Waals surface area contributed by atoms with Gasteiger partial charge in [0.05, 0.1) is 12.2 Å². The van der Waals surface area contributed by atoms with Gasteiger partial charge in [0.25, 0.3) is 0 Å². The lowest BCUT2D eigenvalue weighted by atomic mass is 9.47. The summed E-state index contributed by atoms with van der Waals surface area (Å²) >= 11 is 0. The van der Waals surface area contributed by atoms with Gasteiger partial charge in [-0.05, 0) is 92.3 Å². The van der Waals surface area contributed by atoms with Crippen LogP contribution in [0.1, 0.15) is 85.5 Å². The van der Waals surface area contributed by atoms with Crippen molar-refractivity contribution in [2.75, 3.05) is 0 Å². The van der Waals surface area contributed by atoms with Gasteiger partial charge in [-0.15, -0.1) is 0 Å². The van der Waals surface area contributed by atoms with Crippen molar-refractivity contribution in [1.82, 2.24) is 0 Å². The predicted octanol–water partition coefficient (Wildman–Crippen LogP) is 6.45. The van der Waals surface area contributed by atoms with Crippen LogP contribution in [0.3, 0.4) is 0 Å². The fourth-order valence-corrected chi connectivity index (χ4v) is 7.97. The molecule has 3 fully saturated rings. The minimum absolute atomic E-state index is 0.114. The molecule has 0 aliphatic heterocycles. The largest absolute Gasteiger partial charge is 0.393 e. The molecule has 2 N–H and O–H groups in total. The van der Waals surface area contributed by atoms with Gasteiger partial charge in [-0.1, -0.05) is 63.6 Å². The van der Waals surface area contributed by atoms with Crippen LogP contribution in [0.4, 0.5) is 0 Å². The van der Waals surface area contributed by atoms with Crippen LogP contribution in [0, 0.1) is 40.4 Å². The summed E-state index contributed by atoms with van der Waals surface area (Å²) in [6.45, 7) is 18.1. The highest BCUT2D eigenvalue weighted by atomic mass is 16.3. The molecule has 0 heterocycles. The first kappa shape index (κ1) is 22.3. The summed E-state index contributed by atoms with van der Waals surface area (Å²) in [4.78, 5) is 0. The monoisotopic (exact) mass is 412 g/mol. The minimum Gasteiger partial charge on any atom is -0.393 e. The quantitative estimate of drug-likeness (QED) is 0.510. The summed E-state index contributed by atoms with van der Waals surface area (Å²) in [5.41, 5.74) is 4.64. The summed E-state index contributed by atoms with van der Waals surface area (Å²) in [5, 5.41) is 21.5. The van der Waals surface area contributed by atoms with Crippen LogP contribution in [-0.2, 0) is 0 Å². The fraction of sp³-hybridized carbons (Fsp3) is 0.786. The van der Waals surface area contributed by atoms with E-state index in [-0.39, 0.29) is 23.5 Å². The first-order valence-corrected chi connectivity index (χ1v) is 12.5. The summed E-state index contributed by atoms with van der Waals surface area (Å²) in [6.07, 6.45) is 11.6. The van der Waals surface area contributed by atoms with Crippen molar-refractivity contribution in [1.29, 1.82) is 0 Å². The Kier molecular flexibility index (Phi) is 5.90. The number of fused-ring (bicyclic) bond motifs is 5. The van der Waals surface area contributed by atoms with Gasteiger partial charge in [0.15, 0.2) is 0 Å².